The van der Waals surface area contributed by atoms with Gasteiger partial charge in [-0.15, -0.1) is 0 Å². The molecule has 3 heterocycles. The normalized spacial score (nSPS) is 20.1. The number of nitrogens with zero attached hydrogens (tertiary/aromatic N) is 4. The van der Waals surface area contributed by atoms with Crippen LogP contribution in [0.5, 0.6) is 0 Å². The van der Waals surface area contributed by atoms with Gasteiger partial charge in [-0.3, -0.25) is 4.79 Å². The molecule has 2 fully saturated rings. The Morgan fingerprint density at radius 1 is 1.42 bits per heavy atom. The maximum absolute atomic E-state index is 12.5. The number of imidazole rings is 1. The smallest absolute Gasteiger partial charge is 0.410 e. The third kappa shape index (κ3) is 3.24. The average Bonchev–Trinajstić information content (AvgIpc) is 3.09. The van der Waals surface area contributed by atoms with E-state index in [-0.39, 0.29) is 12.0 Å². The molecule has 0 bridgehead atoms. The van der Waals surface area contributed by atoms with Crippen molar-refractivity contribution in [3.63, 3.8) is 0 Å². The lowest BCUT2D eigenvalue weighted by Crippen LogP contribution is -2.49. The molecule has 1 spiro atoms. The number of aryl methyl sites for hydroxylation is 1. The van der Waals surface area contributed by atoms with E-state index in [4.69, 9.17) is 4.74 Å². The molecule has 2 aliphatic heterocycles. The molecule has 0 aromatic carbocycles. The van der Waals surface area contributed by atoms with Gasteiger partial charge in [0, 0.05) is 44.7 Å². The third-order valence-electron chi connectivity index (χ3n) is 4.85. The van der Waals surface area contributed by atoms with Crippen LogP contribution in [0.1, 0.15) is 29.0 Å². The summed E-state index contributed by atoms with van der Waals surface area (Å²) in [6, 6.07) is 0. The van der Waals surface area contributed by atoms with E-state index in [1.54, 1.807) is 9.80 Å². The molecule has 1 aromatic heterocycles. The lowest BCUT2D eigenvalue weighted by molar-refractivity contribution is 0.00296. The van der Waals surface area contributed by atoms with Crippen molar-refractivity contribution in [3.8, 4) is 0 Å². The molecule has 2 aliphatic rings. The molecule has 132 valence electrons. The molecular formula is C16H25N5O3. The Balaban J connectivity index is 1.58. The summed E-state index contributed by atoms with van der Waals surface area (Å²) in [5.41, 5.74) is 0.810. The molecular weight excluding hydrogens is 310 g/mol. The first-order chi connectivity index (χ1) is 11.4. The van der Waals surface area contributed by atoms with Crippen LogP contribution in [0, 0.1) is 6.92 Å². The van der Waals surface area contributed by atoms with Gasteiger partial charge in [0.15, 0.2) is 0 Å². The Morgan fingerprint density at radius 2 is 2.12 bits per heavy atom. The molecule has 3 rings (SSSR count). The highest BCUT2D eigenvalue weighted by Gasteiger charge is 2.47. The lowest BCUT2D eigenvalue weighted by atomic mass is 9.91. The fraction of sp³-hybridized carbons (Fsp3) is 0.688. The van der Waals surface area contributed by atoms with Crippen LogP contribution in [0.2, 0.25) is 0 Å². The van der Waals surface area contributed by atoms with Crippen LogP contribution in [0.25, 0.3) is 0 Å². The van der Waals surface area contributed by atoms with Gasteiger partial charge in [-0.2, -0.15) is 0 Å². The van der Waals surface area contributed by atoms with E-state index >= 15 is 0 Å². The number of nitrogens with one attached hydrogen (secondary N) is 1. The number of piperidine rings is 1. The lowest BCUT2D eigenvalue weighted by Gasteiger charge is -2.37. The first-order valence-corrected chi connectivity index (χ1v) is 8.32. The summed E-state index contributed by atoms with van der Waals surface area (Å²) >= 11 is 0. The Kier molecular flexibility index (Phi) is 4.49. The van der Waals surface area contributed by atoms with Gasteiger partial charge < -0.3 is 24.4 Å². The SMILES string of the molecule is Cc1[nH]cnc1C(=O)N1CCC2(CC1)CN(CCN(C)C)C(=O)O2. The monoisotopic (exact) mass is 335 g/mol. The highest BCUT2D eigenvalue weighted by atomic mass is 16.6. The summed E-state index contributed by atoms with van der Waals surface area (Å²) in [7, 11) is 3.97. The number of rotatable bonds is 4. The maximum Gasteiger partial charge on any atom is 0.410 e. The molecule has 0 radical (unpaired) electrons. The van der Waals surface area contributed by atoms with Crippen molar-refractivity contribution >= 4 is 12.0 Å². The van der Waals surface area contributed by atoms with Gasteiger partial charge in [-0.1, -0.05) is 0 Å². The van der Waals surface area contributed by atoms with Gasteiger partial charge >= 0.3 is 6.09 Å². The predicted octanol–water partition coefficient (Wildman–Crippen LogP) is 0.707. The summed E-state index contributed by atoms with van der Waals surface area (Å²) < 4.78 is 5.69. The Morgan fingerprint density at radius 3 is 2.71 bits per heavy atom. The minimum Gasteiger partial charge on any atom is -0.441 e. The van der Waals surface area contributed by atoms with E-state index < -0.39 is 5.60 Å². The van der Waals surface area contributed by atoms with Crippen molar-refractivity contribution in [2.24, 2.45) is 0 Å². The number of H-pyrrole nitrogens is 1. The maximum atomic E-state index is 12.5. The van der Waals surface area contributed by atoms with Gasteiger partial charge in [0.05, 0.1) is 12.9 Å². The van der Waals surface area contributed by atoms with E-state index in [1.807, 2.05) is 25.9 Å². The van der Waals surface area contributed by atoms with Crippen LogP contribution < -0.4 is 0 Å². The molecule has 0 atom stereocenters. The van der Waals surface area contributed by atoms with Crippen LogP contribution in [-0.2, 0) is 4.74 Å². The second-order valence-corrected chi connectivity index (χ2v) is 6.94. The number of likely N-dealkylation sites (tertiary alicyclic amines) is 1. The minimum absolute atomic E-state index is 0.0580. The third-order valence-corrected chi connectivity index (χ3v) is 4.85. The van der Waals surface area contributed by atoms with Crippen LogP contribution >= 0.6 is 0 Å². The van der Waals surface area contributed by atoms with E-state index in [2.05, 4.69) is 9.97 Å². The Hall–Kier alpha value is -2.09. The quantitative estimate of drug-likeness (QED) is 0.876. The highest BCUT2D eigenvalue weighted by Crippen LogP contribution is 2.33. The van der Waals surface area contributed by atoms with Crippen LogP contribution in [0.3, 0.4) is 0 Å². The van der Waals surface area contributed by atoms with Crippen molar-refractivity contribution in [2.75, 3.05) is 46.8 Å². The zero-order valence-corrected chi connectivity index (χ0v) is 14.5. The largest absolute Gasteiger partial charge is 0.441 e. The predicted molar refractivity (Wildman–Crippen MR) is 87.8 cm³/mol. The fourth-order valence-electron chi connectivity index (χ4n) is 3.29. The van der Waals surface area contributed by atoms with E-state index in [0.29, 0.717) is 44.7 Å². The molecule has 1 aromatic rings. The van der Waals surface area contributed by atoms with Crippen molar-refractivity contribution in [3.05, 3.63) is 17.7 Å². The van der Waals surface area contributed by atoms with Gasteiger partial charge in [0.1, 0.15) is 11.3 Å². The van der Waals surface area contributed by atoms with Crippen LogP contribution in [0.4, 0.5) is 4.79 Å². The van der Waals surface area contributed by atoms with Gasteiger partial charge in [0.25, 0.3) is 5.91 Å². The average molecular weight is 335 g/mol. The summed E-state index contributed by atoms with van der Waals surface area (Å²) in [6.45, 7) is 5.10. The minimum atomic E-state index is -0.444. The van der Waals surface area contributed by atoms with Crippen molar-refractivity contribution in [1.82, 2.24) is 24.7 Å². The number of carbonyl (C=O) groups is 2. The van der Waals surface area contributed by atoms with Crippen molar-refractivity contribution in [2.45, 2.75) is 25.4 Å². The topological polar surface area (TPSA) is 81.8 Å². The molecule has 1 N–H and O–H groups in total. The molecule has 2 saturated heterocycles. The standard InChI is InChI=1S/C16H25N5O3/c1-12-13(18-11-17-12)14(22)20-6-4-16(5-7-20)10-21(15(23)24-16)9-8-19(2)3/h11H,4-10H2,1-3H3,(H,17,18). The first kappa shape index (κ1) is 16.8. The van der Waals surface area contributed by atoms with Crippen molar-refractivity contribution in [1.29, 1.82) is 0 Å². The molecule has 8 nitrogen and oxygen atoms in total. The van der Waals surface area contributed by atoms with Gasteiger partial charge in [-0.25, -0.2) is 9.78 Å². The summed E-state index contributed by atoms with van der Waals surface area (Å²) in [5.74, 6) is -0.0580. The fourth-order valence-corrected chi connectivity index (χ4v) is 3.29. The molecule has 24 heavy (non-hydrogen) atoms. The summed E-state index contributed by atoms with van der Waals surface area (Å²) in [6.07, 6.45) is 2.65. The number of hydrogen-bond donors (Lipinski definition) is 1. The summed E-state index contributed by atoms with van der Waals surface area (Å²) in [5, 5.41) is 0. The van der Waals surface area contributed by atoms with Crippen LogP contribution in [0.15, 0.2) is 6.33 Å². The number of ether oxygens (including phenoxy) is 1. The number of aromatic amines is 1. The number of likely N-dealkylation sites (N-methyl/N-ethyl adjacent to an activating group) is 1. The van der Waals surface area contributed by atoms with E-state index in [1.165, 1.54) is 6.33 Å². The van der Waals surface area contributed by atoms with Crippen LogP contribution in [-0.4, -0.2) is 89.1 Å². The van der Waals surface area contributed by atoms with Crippen molar-refractivity contribution < 1.29 is 14.3 Å². The van der Waals surface area contributed by atoms with Gasteiger partial charge in [0.2, 0.25) is 0 Å². The second kappa shape index (κ2) is 6.43. The molecule has 2 amide bonds. The number of carbonyl (C=O) groups excluding carboxylic acids is 2. The second-order valence-electron chi connectivity index (χ2n) is 6.94. The Labute approximate surface area is 141 Å². The molecule has 0 saturated carbocycles. The summed E-state index contributed by atoms with van der Waals surface area (Å²) in [4.78, 5) is 37.3. The molecule has 8 heteroatoms. The number of aromatic nitrogens is 2. The Bertz CT molecular complexity index is 619. The molecule has 0 aliphatic carbocycles. The van der Waals surface area contributed by atoms with Gasteiger partial charge in [-0.05, 0) is 21.0 Å². The number of amides is 2. The van der Waals surface area contributed by atoms with E-state index in [9.17, 15) is 9.59 Å². The zero-order chi connectivity index (χ0) is 17.3. The first-order valence-electron chi connectivity index (χ1n) is 8.32. The number of hydrogen-bond acceptors (Lipinski definition) is 5. The zero-order valence-electron chi connectivity index (χ0n) is 14.5. The highest BCUT2D eigenvalue weighted by molar-refractivity contribution is 5.93. The van der Waals surface area contributed by atoms with E-state index in [0.717, 1.165) is 12.2 Å². The molecule has 0 unspecified atom stereocenters.